The fourth-order valence-corrected chi connectivity index (χ4v) is 3.18. The number of hydrogen-bond acceptors (Lipinski definition) is 2. The summed E-state index contributed by atoms with van der Waals surface area (Å²) in [4.78, 5) is 25.5. The lowest BCUT2D eigenvalue weighted by Gasteiger charge is -2.27. The third-order valence-corrected chi connectivity index (χ3v) is 4.19. The predicted molar refractivity (Wildman–Crippen MR) is 73.3 cm³/mol. The molecule has 19 heavy (non-hydrogen) atoms. The number of hydrogen-bond donors (Lipinski definition) is 1. The molecule has 1 heterocycles. The Bertz CT molecular complexity index is 527. The molecule has 0 spiro atoms. The number of piperidine rings is 1. The molecular formula is C15H18N2O2. The zero-order chi connectivity index (χ0) is 13.4. The minimum atomic E-state index is -0.0343. The lowest BCUT2D eigenvalue weighted by Crippen LogP contribution is -2.40. The number of nitrogens with one attached hydrogen (secondary N) is 1. The number of amides is 2. The van der Waals surface area contributed by atoms with Crippen LogP contribution in [0.15, 0.2) is 24.3 Å². The van der Waals surface area contributed by atoms with Crippen LogP contribution in [0.25, 0.3) is 0 Å². The molecule has 1 aliphatic heterocycles. The number of carbonyl (C=O) groups excluding carboxylic acids is 2. The van der Waals surface area contributed by atoms with Gasteiger partial charge >= 0.3 is 6.03 Å². The Balaban J connectivity index is 1.69. The van der Waals surface area contributed by atoms with Crippen molar-refractivity contribution in [3.8, 4) is 0 Å². The van der Waals surface area contributed by atoms with Crippen LogP contribution in [0.3, 0.4) is 0 Å². The Morgan fingerprint density at radius 2 is 2.16 bits per heavy atom. The maximum atomic E-state index is 12.2. The fraction of sp³-hybridized carbons (Fsp3) is 0.467. The Morgan fingerprint density at radius 3 is 2.79 bits per heavy atom. The van der Waals surface area contributed by atoms with E-state index in [1.807, 2.05) is 11.0 Å². The molecule has 2 unspecified atom stereocenters. The van der Waals surface area contributed by atoms with Gasteiger partial charge in [-0.05, 0) is 44.2 Å². The van der Waals surface area contributed by atoms with Crippen molar-refractivity contribution in [1.29, 1.82) is 0 Å². The van der Waals surface area contributed by atoms with Gasteiger partial charge in [-0.15, -0.1) is 0 Å². The van der Waals surface area contributed by atoms with Gasteiger partial charge in [0.05, 0.1) is 0 Å². The zero-order valence-electron chi connectivity index (χ0n) is 11.1. The van der Waals surface area contributed by atoms with E-state index in [4.69, 9.17) is 0 Å². The van der Waals surface area contributed by atoms with Gasteiger partial charge in [0.2, 0.25) is 0 Å². The first kappa shape index (κ1) is 12.2. The monoisotopic (exact) mass is 258 g/mol. The van der Waals surface area contributed by atoms with Crippen LogP contribution in [-0.4, -0.2) is 29.3 Å². The quantitative estimate of drug-likeness (QED) is 0.829. The van der Waals surface area contributed by atoms with Gasteiger partial charge in [0, 0.05) is 23.8 Å². The summed E-state index contributed by atoms with van der Waals surface area (Å²) in [6.45, 7) is 2.41. The highest BCUT2D eigenvalue weighted by Crippen LogP contribution is 2.37. The third kappa shape index (κ3) is 2.35. The van der Waals surface area contributed by atoms with Gasteiger partial charge in [-0.25, -0.2) is 4.79 Å². The summed E-state index contributed by atoms with van der Waals surface area (Å²) in [5.74, 6) is 0.704. The Labute approximate surface area is 112 Å². The number of Topliss-reactive ketones (excluding diaryl/α,β-unsaturated/α-hetero) is 1. The van der Waals surface area contributed by atoms with Gasteiger partial charge in [0.15, 0.2) is 5.78 Å². The van der Waals surface area contributed by atoms with Crippen LogP contribution in [0.1, 0.15) is 36.5 Å². The highest BCUT2D eigenvalue weighted by molar-refractivity contribution is 5.96. The van der Waals surface area contributed by atoms with E-state index in [1.165, 1.54) is 13.3 Å². The number of ketones is 1. The summed E-state index contributed by atoms with van der Waals surface area (Å²) < 4.78 is 0. The van der Waals surface area contributed by atoms with Crippen molar-refractivity contribution >= 4 is 17.5 Å². The zero-order valence-corrected chi connectivity index (χ0v) is 11.1. The second-order valence-corrected chi connectivity index (χ2v) is 5.55. The van der Waals surface area contributed by atoms with E-state index in [1.54, 1.807) is 18.2 Å². The molecule has 2 aliphatic rings. The molecule has 0 aromatic heterocycles. The van der Waals surface area contributed by atoms with Crippen molar-refractivity contribution < 1.29 is 9.59 Å². The number of benzene rings is 1. The lowest BCUT2D eigenvalue weighted by molar-refractivity contribution is 0.101. The molecule has 0 radical (unpaired) electrons. The van der Waals surface area contributed by atoms with Crippen molar-refractivity contribution in [3.63, 3.8) is 0 Å². The first-order chi connectivity index (χ1) is 9.13. The van der Waals surface area contributed by atoms with Crippen LogP contribution < -0.4 is 5.32 Å². The minimum Gasteiger partial charge on any atom is -0.321 e. The van der Waals surface area contributed by atoms with E-state index in [9.17, 15) is 9.59 Å². The van der Waals surface area contributed by atoms with Crippen LogP contribution in [0.4, 0.5) is 10.5 Å². The van der Waals surface area contributed by atoms with Crippen LogP contribution in [-0.2, 0) is 0 Å². The van der Waals surface area contributed by atoms with Crippen LogP contribution >= 0.6 is 0 Å². The van der Waals surface area contributed by atoms with Crippen LogP contribution in [0.2, 0.25) is 0 Å². The molecule has 1 aromatic carbocycles. The number of fused-ring (bicyclic) bond motifs is 2. The minimum absolute atomic E-state index is 0.0105. The fourth-order valence-electron chi connectivity index (χ4n) is 3.18. The van der Waals surface area contributed by atoms with Gasteiger partial charge in [-0.2, -0.15) is 0 Å². The molecule has 1 saturated carbocycles. The Hall–Kier alpha value is -1.84. The smallest absolute Gasteiger partial charge is 0.321 e. The molecule has 1 aliphatic carbocycles. The van der Waals surface area contributed by atoms with Gasteiger partial charge < -0.3 is 10.2 Å². The van der Waals surface area contributed by atoms with Gasteiger partial charge in [0.1, 0.15) is 0 Å². The van der Waals surface area contributed by atoms with Crippen molar-refractivity contribution in [3.05, 3.63) is 29.8 Å². The molecule has 2 bridgehead atoms. The van der Waals surface area contributed by atoms with Gasteiger partial charge in [-0.1, -0.05) is 12.1 Å². The first-order valence-corrected chi connectivity index (χ1v) is 6.82. The van der Waals surface area contributed by atoms with E-state index in [-0.39, 0.29) is 11.8 Å². The molecule has 2 fully saturated rings. The largest absolute Gasteiger partial charge is 0.322 e. The number of nitrogens with zero attached hydrogens (tertiary/aromatic N) is 1. The van der Waals surface area contributed by atoms with E-state index in [0.29, 0.717) is 23.2 Å². The number of urea groups is 1. The normalized spacial score (nSPS) is 24.6. The Kier molecular flexibility index (Phi) is 3.01. The lowest BCUT2D eigenvalue weighted by atomic mass is 10.1. The van der Waals surface area contributed by atoms with E-state index < -0.39 is 0 Å². The highest BCUT2D eigenvalue weighted by atomic mass is 16.2. The topological polar surface area (TPSA) is 49.4 Å². The van der Waals surface area contributed by atoms with Crippen molar-refractivity contribution in [2.24, 2.45) is 5.92 Å². The molecule has 1 aromatic rings. The van der Waals surface area contributed by atoms with Crippen molar-refractivity contribution in [1.82, 2.24) is 4.90 Å². The molecule has 2 amide bonds. The van der Waals surface area contributed by atoms with Gasteiger partial charge in [-0.3, -0.25) is 4.79 Å². The standard InChI is InChI=1S/C15H18N2O2/c1-10(18)12-3-2-4-13(8-12)16-15(19)17-9-11-5-6-14(17)7-11/h2-4,8,11,14H,5-7,9H2,1H3,(H,16,19). The third-order valence-electron chi connectivity index (χ3n) is 4.19. The summed E-state index contributed by atoms with van der Waals surface area (Å²) in [6.07, 6.45) is 3.54. The van der Waals surface area contributed by atoms with E-state index in [2.05, 4.69) is 5.32 Å². The molecule has 4 heteroatoms. The second kappa shape index (κ2) is 4.68. The SMILES string of the molecule is CC(=O)c1cccc(NC(=O)N2CC3CCC2C3)c1. The first-order valence-electron chi connectivity index (χ1n) is 6.82. The Morgan fingerprint density at radius 1 is 1.32 bits per heavy atom. The summed E-state index contributed by atoms with van der Waals surface area (Å²) in [5, 5.41) is 2.90. The summed E-state index contributed by atoms with van der Waals surface area (Å²) >= 11 is 0. The van der Waals surface area contributed by atoms with Gasteiger partial charge in [0.25, 0.3) is 0 Å². The summed E-state index contributed by atoms with van der Waals surface area (Å²) in [7, 11) is 0. The predicted octanol–water partition coefficient (Wildman–Crippen LogP) is 2.91. The number of rotatable bonds is 2. The number of carbonyl (C=O) groups is 2. The summed E-state index contributed by atoms with van der Waals surface area (Å²) in [6, 6.07) is 7.49. The average Bonchev–Trinajstić information content (AvgIpc) is 3.01. The summed E-state index contributed by atoms with van der Waals surface area (Å²) in [5.41, 5.74) is 1.32. The average molecular weight is 258 g/mol. The van der Waals surface area contributed by atoms with E-state index in [0.717, 1.165) is 19.4 Å². The molecule has 100 valence electrons. The molecule has 1 N–H and O–H groups in total. The van der Waals surface area contributed by atoms with Crippen molar-refractivity contribution in [2.45, 2.75) is 32.2 Å². The molecule has 2 atom stereocenters. The van der Waals surface area contributed by atoms with Crippen molar-refractivity contribution in [2.75, 3.05) is 11.9 Å². The molecular weight excluding hydrogens is 240 g/mol. The highest BCUT2D eigenvalue weighted by Gasteiger charge is 2.40. The maximum absolute atomic E-state index is 12.2. The van der Waals surface area contributed by atoms with E-state index >= 15 is 0 Å². The second-order valence-electron chi connectivity index (χ2n) is 5.55. The maximum Gasteiger partial charge on any atom is 0.322 e. The number of likely N-dealkylation sites (tertiary alicyclic amines) is 1. The number of anilines is 1. The van der Waals surface area contributed by atoms with Crippen LogP contribution in [0.5, 0.6) is 0 Å². The molecule has 4 nitrogen and oxygen atoms in total. The van der Waals surface area contributed by atoms with Crippen LogP contribution in [0, 0.1) is 5.92 Å². The molecule has 1 saturated heterocycles. The molecule has 3 rings (SSSR count).